The largest absolute Gasteiger partial charge is 0.466 e. The highest BCUT2D eigenvalue weighted by Crippen LogP contribution is 2.65. The van der Waals surface area contributed by atoms with E-state index in [-0.39, 0.29) is 15.7 Å². The molecule has 1 aromatic rings. The Morgan fingerprint density at radius 1 is 1.15 bits per heavy atom. The second-order valence-electron chi connectivity index (χ2n) is 4.65. The normalized spacial score (nSPS) is 17.4. The summed E-state index contributed by atoms with van der Waals surface area (Å²) in [7, 11) is -0.847. The highest BCUT2D eigenvalue weighted by molar-refractivity contribution is 7.65. The van der Waals surface area contributed by atoms with E-state index in [2.05, 4.69) is 0 Å². The van der Waals surface area contributed by atoms with Gasteiger partial charge in [0.2, 0.25) is 0 Å². The fourth-order valence-corrected chi connectivity index (χ4v) is 4.31. The molecule has 20 heavy (non-hydrogen) atoms. The summed E-state index contributed by atoms with van der Waals surface area (Å²) in [6.07, 6.45) is 0. The molecule has 0 radical (unpaired) electrons. The molecule has 5 nitrogen and oxygen atoms in total. The van der Waals surface area contributed by atoms with Gasteiger partial charge >= 0.3 is 13.5 Å². The molecule has 110 valence electrons. The quantitative estimate of drug-likeness (QED) is 0.665. The van der Waals surface area contributed by atoms with Gasteiger partial charge in [-0.25, -0.2) is 4.48 Å². The molecule has 0 bridgehead atoms. The van der Waals surface area contributed by atoms with Gasteiger partial charge in [0.1, 0.15) is 5.69 Å². The van der Waals surface area contributed by atoms with Gasteiger partial charge in [-0.15, -0.1) is 0 Å². The van der Waals surface area contributed by atoms with Gasteiger partial charge in [-0.3, -0.25) is 4.57 Å². The zero-order chi connectivity index (χ0) is 15.0. The molecule has 2 rings (SSSR count). The van der Waals surface area contributed by atoms with Crippen LogP contribution in [-0.4, -0.2) is 32.4 Å². The van der Waals surface area contributed by atoms with Crippen LogP contribution >= 0.6 is 7.60 Å². The maximum atomic E-state index is 12.8. The van der Waals surface area contributed by atoms with Crippen molar-refractivity contribution >= 4 is 18.6 Å². The van der Waals surface area contributed by atoms with Gasteiger partial charge in [-0.2, -0.15) is 0 Å². The maximum absolute atomic E-state index is 12.8. The summed E-state index contributed by atoms with van der Waals surface area (Å²) < 4.78 is 23.2. The van der Waals surface area contributed by atoms with E-state index >= 15 is 0 Å². The number of benzene rings is 1. The molecule has 1 heterocycles. The minimum absolute atomic E-state index is 0.0585. The molecule has 0 saturated heterocycles. The molecule has 0 aliphatic carbocycles. The van der Waals surface area contributed by atoms with Crippen molar-refractivity contribution in [1.29, 1.82) is 0 Å². The van der Waals surface area contributed by atoms with Gasteiger partial charge in [0.05, 0.1) is 18.7 Å². The van der Waals surface area contributed by atoms with Crippen LogP contribution in [0.1, 0.15) is 19.4 Å². The van der Waals surface area contributed by atoms with Crippen molar-refractivity contribution in [3.05, 3.63) is 35.7 Å². The van der Waals surface area contributed by atoms with Crippen molar-refractivity contribution in [3.8, 4) is 0 Å². The fourth-order valence-electron chi connectivity index (χ4n) is 2.88. The Hall–Kier alpha value is -1.13. The number of hydrogen-bond donors (Lipinski definition) is 1. The lowest BCUT2D eigenvalue weighted by Gasteiger charge is -2.31. The molecule has 0 unspecified atom stereocenters. The number of para-hydroxylation sites is 1. The van der Waals surface area contributed by atoms with Crippen LogP contribution in [0.2, 0.25) is 0 Å². The fraction of sp³-hybridized carbons (Fsp3) is 0.429. The van der Waals surface area contributed by atoms with Crippen molar-refractivity contribution in [2.75, 3.05) is 27.3 Å². The molecule has 0 aromatic heterocycles. The lowest BCUT2D eigenvalue weighted by Crippen LogP contribution is -2.46. The zero-order valence-electron chi connectivity index (χ0n) is 12.3. The van der Waals surface area contributed by atoms with E-state index in [9.17, 15) is 9.67 Å². The number of nitrogens with zero attached hydrogens (tertiary/aromatic N) is 1. The molecular weight excluding hydrogens is 277 g/mol. The van der Waals surface area contributed by atoms with Gasteiger partial charge in [0, 0.05) is 20.3 Å². The molecule has 0 amide bonds. The van der Waals surface area contributed by atoms with Crippen LogP contribution in [-0.2, 0) is 13.6 Å². The van der Waals surface area contributed by atoms with Crippen molar-refractivity contribution in [2.45, 2.75) is 13.8 Å². The summed E-state index contributed by atoms with van der Waals surface area (Å²) in [5, 5.41) is 11.0. The SMILES string of the molecule is CC[N+]1(CC)C(O)=C(P(=O)(OC)OC)c2ccccc21. The Morgan fingerprint density at radius 3 is 2.20 bits per heavy atom. The summed E-state index contributed by atoms with van der Waals surface area (Å²) in [6, 6.07) is 7.56. The number of aliphatic hydroxyl groups excluding tert-OH is 1. The summed E-state index contributed by atoms with van der Waals surface area (Å²) in [6.45, 7) is 5.31. The van der Waals surface area contributed by atoms with Gasteiger partial charge in [-0.1, -0.05) is 12.1 Å². The second-order valence-corrected chi connectivity index (χ2v) is 6.82. The third kappa shape index (κ3) is 1.85. The molecule has 0 fully saturated rings. The van der Waals surface area contributed by atoms with Crippen LogP contribution in [0, 0.1) is 0 Å². The minimum atomic E-state index is -3.51. The number of hydrogen-bond acceptors (Lipinski definition) is 4. The summed E-state index contributed by atoms with van der Waals surface area (Å²) in [4.78, 5) is 0. The molecule has 0 atom stereocenters. The molecule has 6 heteroatoms. The molecule has 0 spiro atoms. The highest BCUT2D eigenvalue weighted by Gasteiger charge is 2.51. The topological polar surface area (TPSA) is 55.8 Å². The van der Waals surface area contributed by atoms with Gasteiger partial charge in [-0.05, 0) is 19.9 Å². The van der Waals surface area contributed by atoms with Crippen molar-refractivity contribution < 1.29 is 18.7 Å². The van der Waals surface area contributed by atoms with E-state index in [1.54, 1.807) is 0 Å². The van der Waals surface area contributed by atoms with E-state index in [0.717, 1.165) is 11.3 Å². The monoisotopic (exact) mass is 298 g/mol. The third-order valence-corrected chi connectivity index (χ3v) is 6.02. The van der Waals surface area contributed by atoms with Crippen LogP contribution in [0.3, 0.4) is 0 Å². The Labute approximate surface area is 119 Å². The van der Waals surface area contributed by atoms with E-state index in [1.807, 2.05) is 38.1 Å². The van der Waals surface area contributed by atoms with Crippen LogP contribution in [0.5, 0.6) is 0 Å². The lowest BCUT2D eigenvalue weighted by molar-refractivity contribution is 0.223. The Balaban J connectivity index is 2.80. The first-order valence-corrected chi connectivity index (χ1v) is 8.18. The van der Waals surface area contributed by atoms with Gasteiger partial charge < -0.3 is 14.2 Å². The molecule has 1 aliphatic heterocycles. The van der Waals surface area contributed by atoms with Crippen molar-refractivity contribution in [1.82, 2.24) is 4.48 Å². The zero-order valence-corrected chi connectivity index (χ0v) is 13.2. The van der Waals surface area contributed by atoms with Crippen molar-refractivity contribution in [2.24, 2.45) is 0 Å². The summed E-state index contributed by atoms with van der Waals surface area (Å²) in [5.41, 5.74) is 1.67. The Kier molecular flexibility index (Phi) is 4.07. The maximum Gasteiger partial charge on any atom is 0.371 e. The van der Waals surface area contributed by atoms with Crippen LogP contribution < -0.4 is 4.48 Å². The van der Waals surface area contributed by atoms with Crippen molar-refractivity contribution in [3.63, 3.8) is 0 Å². The number of quaternary nitrogens is 1. The van der Waals surface area contributed by atoms with E-state index in [1.165, 1.54) is 14.2 Å². The second kappa shape index (κ2) is 5.34. The van der Waals surface area contributed by atoms with Crippen LogP contribution in [0.25, 0.3) is 5.31 Å². The molecule has 1 N–H and O–H groups in total. The number of rotatable bonds is 5. The number of aliphatic hydroxyl groups is 1. The van der Waals surface area contributed by atoms with E-state index in [0.29, 0.717) is 13.1 Å². The Bertz CT molecular complexity index is 585. The predicted octanol–water partition coefficient (Wildman–Crippen LogP) is 3.72. The molecular formula is C14H21NO4P+. The highest BCUT2D eigenvalue weighted by atomic mass is 31.2. The number of fused-ring (bicyclic) bond motifs is 1. The van der Waals surface area contributed by atoms with E-state index in [4.69, 9.17) is 9.05 Å². The van der Waals surface area contributed by atoms with E-state index < -0.39 is 7.60 Å². The smallest absolute Gasteiger partial charge is 0.371 e. The first kappa shape index (κ1) is 15.3. The predicted molar refractivity (Wildman–Crippen MR) is 80.5 cm³/mol. The van der Waals surface area contributed by atoms with Crippen LogP contribution in [0.4, 0.5) is 5.69 Å². The average molecular weight is 298 g/mol. The summed E-state index contributed by atoms with van der Waals surface area (Å²) >= 11 is 0. The minimum Gasteiger partial charge on any atom is -0.466 e. The Morgan fingerprint density at radius 2 is 1.70 bits per heavy atom. The third-order valence-electron chi connectivity index (χ3n) is 4.07. The lowest BCUT2D eigenvalue weighted by atomic mass is 10.2. The molecule has 1 aliphatic rings. The molecule has 1 aromatic carbocycles. The van der Waals surface area contributed by atoms with Crippen LogP contribution in [0.15, 0.2) is 30.1 Å². The standard InChI is InChI=1S/C14H20NO4P/c1-5-15(6-2)12-10-8-7-9-11(12)13(14(15)16)20(17,18-3)19-4/h7-10H,5-6H2,1-4H3/p+1. The summed E-state index contributed by atoms with van der Waals surface area (Å²) in [5.74, 6) is 0.0585. The average Bonchev–Trinajstić information content (AvgIpc) is 2.75. The molecule has 0 saturated carbocycles. The van der Waals surface area contributed by atoms with Gasteiger partial charge in [0.15, 0.2) is 5.31 Å². The first-order valence-electron chi connectivity index (χ1n) is 6.63. The van der Waals surface area contributed by atoms with Gasteiger partial charge in [0.25, 0.3) is 0 Å². The first-order chi connectivity index (χ1) is 9.50.